The van der Waals surface area contributed by atoms with E-state index in [1.807, 2.05) is 0 Å². The van der Waals surface area contributed by atoms with Crippen LogP contribution < -0.4 is 5.32 Å². The molecule has 1 atom stereocenters. The first-order valence-electron chi connectivity index (χ1n) is 6.19. The van der Waals surface area contributed by atoms with Gasteiger partial charge in [0.1, 0.15) is 0 Å². The van der Waals surface area contributed by atoms with Crippen molar-refractivity contribution in [3.63, 3.8) is 0 Å². The molecule has 2 rings (SSSR count). The van der Waals surface area contributed by atoms with Crippen molar-refractivity contribution in [2.24, 2.45) is 5.92 Å². The zero-order chi connectivity index (χ0) is 12.3. The number of rotatable bonds is 6. The van der Waals surface area contributed by atoms with Crippen molar-refractivity contribution in [2.75, 3.05) is 31.9 Å². The summed E-state index contributed by atoms with van der Waals surface area (Å²) < 4.78 is 35.9. The Hall–Kier alpha value is 0.0600. The fourth-order valence-corrected chi connectivity index (χ4v) is 2.77. The first-order valence-corrected chi connectivity index (χ1v) is 7.18. The van der Waals surface area contributed by atoms with E-state index in [-0.39, 0.29) is 17.5 Å². The van der Waals surface area contributed by atoms with Crippen molar-refractivity contribution >= 4 is 11.8 Å². The number of likely N-dealkylation sites (tertiary alicyclic amines) is 1. The van der Waals surface area contributed by atoms with Crippen LogP contribution in [0.4, 0.5) is 13.2 Å². The molecule has 2 fully saturated rings. The third-order valence-corrected chi connectivity index (χ3v) is 4.03. The van der Waals surface area contributed by atoms with Crippen molar-refractivity contribution in [1.82, 2.24) is 10.2 Å². The van der Waals surface area contributed by atoms with Crippen molar-refractivity contribution in [2.45, 2.75) is 30.8 Å². The maximum atomic E-state index is 12.0. The molecule has 2 aliphatic rings. The molecule has 1 aliphatic carbocycles. The molecule has 0 bridgehead atoms. The SMILES string of the molecule is FC(F)(F)SCCN1CCC(CNC2CC2)C1. The summed E-state index contributed by atoms with van der Waals surface area (Å²) in [5, 5.41) is 3.49. The molecule has 0 amide bonds. The van der Waals surface area contributed by atoms with Crippen LogP contribution in [0.5, 0.6) is 0 Å². The lowest BCUT2D eigenvalue weighted by Crippen LogP contribution is -2.29. The van der Waals surface area contributed by atoms with Gasteiger partial charge in [0.2, 0.25) is 0 Å². The second-order valence-corrected chi connectivity index (χ2v) is 6.09. The number of alkyl halides is 3. The van der Waals surface area contributed by atoms with Crippen LogP contribution in [-0.2, 0) is 0 Å². The molecule has 1 aliphatic heterocycles. The van der Waals surface area contributed by atoms with Crippen LogP contribution in [-0.4, -0.2) is 48.4 Å². The number of nitrogens with one attached hydrogen (secondary N) is 1. The lowest BCUT2D eigenvalue weighted by Gasteiger charge is -2.16. The molecular weight excluding hydrogens is 249 g/mol. The predicted molar refractivity (Wildman–Crippen MR) is 64.1 cm³/mol. The zero-order valence-corrected chi connectivity index (χ0v) is 10.6. The molecule has 1 N–H and O–H groups in total. The van der Waals surface area contributed by atoms with E-state index in [0.717, 1.165) is 32.1 Å². The van der Waals surface area contributed by atoms with Crippen molar-refractivity contribution in [1.29, 1.82) is 0 Å². The summed E-state index contributed by atoms with van der Waals surface area (Å²) in [6.07, 6.45) is 3.70. The smallest absolute Gasteiger partial charge is 0.314 e. The summed E-state index contributed by atoms with van der Waals surface area (Å²) in [7, 11) is 0. The van der Waals surface area contributed by atoms with Crippen molar-refractivity contribution in [3.8, 4) is 0 Å². The van der Waals surface area contributed by atoms with E-state index in [0.29, 0.717) is 12.5 Å². The van der Waals surface area contributed by atoms with E-state index in [9.17, 15) is 13.2 Å². The molecule has 6 heteroatoms. The van der Waals surface area contributed by atoms with Crippen LogP contribution in [0.15, 0.2) is 0 Å². The van der Waals surface area contributed by atoms with E-state index in [2.05, 4.69) is 10.2 Å². The van der Waals surface area contributed by atoms with E-state index < -0.39 is 5.51 Å². The molecule has 0 aromatic carbocycles. The van der Waals surface area contributed by atoms with Crippen LogP contribution in [0.2, 0.25) is 0 Å². The Labute approximate surface area is 104 Å². The fourth-order valence-electron chi connectivity index (χ4n) is 2.19. The first-order chi connectivity index (χ1) is 8.03. The second-order valence-electron chi connectivity index (χ2n) is 4.93. The minimum absolute atomic E-state index is 0.0926. The molecule has 0 spiro atoms. The van der Waals surface area contributed by atoms with Gasteiger partial charge >= 0.3 is 5.51 Å². The van der Waals surface area contributed by atoms with Gasteiger partial charge in [0, 0.05) is 24.9 Å². The van der Waals surface area contributed by atoms with Crippen molar-refractivity contribution in [3.05, 3.63) is 0 Å². The molecule has 0 aromatic heterocycles. The fraction of sp³-hybridized carbons (Fsp3) is 1.00. The minimum atomic E-state index is -4.08. The third-order valence-electron chi connectivity index (χ3n) is 3.32. The Bertz CT molecular complexity index is 243. The second kappa shape index (κ2) is 5.80. The zero-order valence-electron chi connectivity index (χ0n) is 9.80. The number of halogens is 3. The normalized spacial score (nSPS) is 26.6. The quantitative estimate of drug-likeness (QED) is 0.796. The van der Waals surface area contributed by atoms with Crippen LogP contribution >= 0.6 is 11.8 Å². The Morgan fingerprint density at radius 2 is 2.00 bits per heavy atom. The van der Waals surface area contributed by atoms with Gasteiger partial charge in [0.15, 0.2) is 0 Å². The van der Waals surface area contributed by atoms with Crippen LogP contribution in [0, 0.1) is 5.92 Å². The molecule has 17 heavy (non-hydrogen) atoms. The number of hydrogen-bond donors (Lipinski definition) is 1. The van der Waals surface area contributed by atoms with Gasteiger partial charge < -0.3 is 10.2 Å². The van der Waals surface area contributed by atoms with E-state index in [1.54, 1.807) is 0 Å². The van der Waals surface area contributed by atoms with Gasteiger partial charge in [-0.05, 0) is 50.0 Å². The van der Waals surface area contributed by atoms with E-state index in [4.69, 9.17) is 0 Å². The summed E-state index contributed by atoms with van der Waals surface area (Å²) in [6.45, 7) is 3.51. The standard InChI is InChI=1S/C11H19F3N2S/c12-11(13,14)17-6-5-16-4-3-9(8-16)7-15-10-1-2-10/h9-10,15H,1-8H2. The Balaban J connectivity index is 1.54. The molecule has 2 nitrogen and oxygen atoms in total. The molecule has 1 heterocycles. The monoisotopic (exact) mass is 268 g/mol. The molecular formula is C11H19F3N2S. The highest BCUT2D eigenvalue weighted by Crippen LogP contribution is 2.30. The van der Waals surface area contributed by atoms with Crippen LogP contribution in [0.1, 0.15) is 19.3 Å². The largest absolute Gasteiger partial charge is 0.441 e. The third kappa shape index (κ3) is 5.48. The molecule has 1 saturated heterocycles. The lowest BCUT2D eigenvalue weighted by molar-refractivity contribution is -0.0328. The highest BCUT2D eigenvalue weighted by molar-refractivity contribution is 8.00. The topological polar surface area (TPSA) is 15.3 Å². The Morgan fingerprint density at radius 3 is 2.65 bits per heavy atom. The van der Waals surface area contributed by atoms with Crippen LogP contribution in [0.25, 0.3) is 0 Å². The minimum Gasteiger partial charge on any atom is -0.314 e. The predicted octanol–water partition coefficient (Wildman–Crippen LogP) is 2.31. The van der Waals surface area contributed by atoms with Gasteiger partial charge in [-0.3, -0.25) is 0 Å². The lowest BCUT2D eigenvalue weighted by atomic mass is 10.1. The Kier molecular flexibility index (Phi) is 4.60. The van der Waals surface area contributed by atoms with E-state index >= 15 is 0 Å². The number of thioether (sulfide) groups is 1. The highest BCUT2D eigenvalue weighted by Gasteiger charge is 2.29. The average molecular weight is 268 g/mol. The number of hydrogen-bond acceptors (Lipinski definition) is 3. The van der Waals surface area contributed by atoms with Gasteiger partial charge in [-0.2, -0.15) is 13.2 Å². The first kappa shape index (κ1) is 13.5. The maximum absolute atomic E-state index is 12.0. The molecule has 0 radical (unpaired) electrons. The van der Waals surface area contributed by atoms with Gasteiger partial charge in [-0.15, -0.1) is 0 Å². The Morgan fingerprint density at radius 1 is 1.24 bits per heavy atom. The molecule has 1 unspecified atom stereocenters. The summed E-state index contributed by atoms with van der Waals surface area (Å²) in [5.41, 5.74) is -4.08. The summed E-state index contributed by atoms with van der Waals surface area (Å²) in [4.78, 5) is 2.15. The van der Waals surface area contributed by atoms with Gasteiger partial charge in [0.25, 0.3) is 0 Å². The summed E-state index contributed by atoms with van der Waals surface area (Å²) >= 11 is 0.0926. The van der Waals surface area contributed by atoms with Gasteiger partial charge in [-0.25, -0.2) is 0 Å². The highest BCUT2D eigenvalue weighted by atomic mass is 32.2. The molecule has 0 aromatic rings. The summed E-state index contributed by atoms with van der Waals surface area (Å²) in [5.74, 6) is 0.790. The maximum Gasteiger partial charge on any atom is 0.441 e. The summed E-state index contributed by atoms with van der Waals surface area (Å²) in [6, 6.07) is 0.727. The number of nitrogens with zero attached hydrogens (tertiary/aromatic N) is 1. The molecule has 100 valence electrons. The average Bonchev–Trinajstić information content (AvgIpc) is 2.95. The van der Waals surface area contributed by atoms with Crippen molar-refractivity contribution < 1.29 is 13.2 Å². The van der Waals surface area contributed by atoms with Gasteiger partial charge in [-0.1, -0.05) is 0 Å². The van der Waals surface area contributed by atoms with Crippen LogP contribution in [0.3, 0.4) is 0 Å². The van der Waals surface area contributed by atoms with E-state index in [1.165, 1.54) is 12.8 Å². The molecule has 1 saturated carbocycles. The van der Waals surface area contributed by atoms with Gasteiger partial charge in [0.05, 0.1) is 0 Å².